The predicted octanol–water partition coefficient (Wildman–Crippen LogP) is 12.8. The van der Waals surface area contributed by atoms with Crippen molar-refractivity contribution in [1.82, 2.24) is 14.5 Å². The van der Waals surface area contributed by atoms with Gasteiger partial charge in [-0.3, -0.25) is 0 Å². The van der Waals surface area contributed by atoms with Crippen molar-refractivity contribution in [1.29, 1.82) is 0 Å². The van der Waals surface area contributed by atoms with Crippen LogP contribution in [-0.2, 0) is 0 Å². The molecule has 0 amide bonds. The van der Waals surface area contributed by atoms with Gasteiger partial charge in [-0.25, -0.2) is 9.97 Å². The van der Waals surface area contributed by atoms with Crippen molar-refractivity contribution in [3.63, 3.8) is 0 Å². The standard InChI is InChI=1S/C48H29N3O/c1-3-13-31(14-4-1)46-45-40(25-24-38-37-20-9-10-21-43(37)52-47(38)45)49-48(50-46)34-16-11-15-32(28-34)33-23-26-41-39(29-33)44-36-19-8-7-12-30(36)22-27-42(44)51(41)35-17-5-2-6-18-35/h1-29H. The lowest BCUT2D eigenvalue weighted by molar-refractivity contribution is 0.672. The summed E-state index contributed by atoms with van der Waals surface area (Å²) in [5, 5.41) is 8.05. The Hall–Kier alpha value is -7.04. The number of nitrogens with zero attached hydrogens (tertiary/aromatic N) is 3. The Morgan fingerprint density at radius 1 is 0.423 bits per heavy atom. The van der Waals surface area contributed by atoms with E-state index in [1.165, 1.54) is 32.6 Å². The Morgan fingerprint density at radius 2 is 1.13 bits per heavy atom. The fourth-order valence-corrected chi connectivity index (χ4v) is 8.00. The SMILES string of the molecule is c1ccc(-c2nc(-c3cccc(-c4ccc5c(c4)c4c6ccccc6ccc4n5-c4ccccc4)c3)nc3ccc4c5ccccc5oc4c23)cc1. The fraction of sp³-hybridized carbons (Fsp3) is 0. The van der Waals surface area contributed by atoms with Gasteiger partial charge in [0.05, 0.1) is 27.6 Å². The summed E-state index contributed by atoms with van der Waals surface area (Å²) >= 11 is 0. The summed E-state index contributed by atoms with van der Waals surface area (Å²) in [5.41, 5.74) is 11.1. The average molecular weight is 664 g/mol. The highest BCUT2D eigenvalue weighted by atomic mass is 16.3. The van der Waals surface area contributed by atoms with Gasteiger partial charge in [0.2, 0.25) is 0 Å². The molecule has 52 heavy (non-hydrogen) atoms. The molecular weight excluding hydrogens is 635 g/mol. The van der Waals surface area contributed by atoms with Crippen LogP contribution >= 0.6 is 0 Å². The maximum atomic E-state index is 6.49. The number of hydrogen-bond donors (Lipinski definition) is 0. The van der Waals surface area contributed by atoms with Crippen LogP contribution in [0.2, 0.25) is 0 Å². The predicted molar refractivity (Wildman–Crippen MR) is 215 cm³/mol. The first-order valence-electron chi connectivity index (χ1n) is 17.6. The molecule has 0 unspecified atom stereocenters. The third-order valence-corrected chi connectivity index (χ3v) is 10.4. The number of benzene rings is 8. The molecule has 0 radical (unpaired) electrons. The zero-order valence-corrected chi connectivity index (χ0v) is 28.0. The molecule has 3 aromatic heterocycles. The molecule has 0 fully saturated rings. The van der Waals surface area contributed by atoms with Gasteiger partial charge in [0.25, 0.3) is 0 Å². The van der Waals surface area contributed by atoms with Crippen LogP contribution in [0, 0.1) is 0 Å². The number of rotatable bonds is 4. The van der Waals surface area contributed by atoms with Gasteiger partial charge in [-0.15, -0.1) is 0 Å². The van der Waals surface area contributed by atoms with Crippen molar-refractivity contribution in [3.05, 3.63) is 176 Å². The van der Waals surface area contributed by atoms with Crippen molar-refractivity contribution in [3.8, 4) is 39.5 Å². The first kappa shape index (κ1) is 28.8. The third-order valence-electron chi connectivity index (χ3n) is 10.4. The molecule has 0 atom stereocenters. The molecule has 0 spiro atoms. The third kappa shape index (κ3) is 4.34. The lowest BCUT2D eigenvalue weighted by Crippen LogP contribution is -1.96. The number of fused-ring (bicyclic) bond motifs is 10. The van der Waals surface area contributed by atoms with E-state index in [1.807, 2.05) is 24.3 Å². The Labute approximate surface area is 298 Å². The fourth-order valence-electron chi connectivity index (χ4n) is 8.00. The second-order valence-corrected chi connectivity index (χ2v) is 13.4. The van der Waals surface area contributed by atoms with E-state index in [0.29, 0.717) is 5.82 Å². The van der Waals surface area contributed by atoms with Crippen molar-refractivity contribution < 1.29 is 4.42 Å². The normalized spacial score (nSPS) is 11.8. The Morgan fingerprint density at radius 3 is 2.02 bits per heavy atom. The summed E-state index contributed by atoms with van der Waals surface area (Å²) in [6.45, 7) is 0. The van der Waals surface area contributed by atoms with Crippen LogP contribution in [0.25, 0.3) is 105 Å². The molecule has 11 aromatic rings. The topological polar surface area (TPSA) is 43.9 Å². The minimum absolute atomic E-state index is 0.677. The van der Waals surface area contributed by atoms with Crippen molar-refractivity contribution in [2.24, 2.45) is 0 Å². The molecule has 4 nitrogen and oxygen atoms in total. The molecule has 3 heterocycles. The first-order valence-corrected chi connectivity index (χ1v) is 17.6. The van der Waals surface area contributed by atoms with Crippen molar-refractivity contribution in [2.45, 2.75) is 0 Å². The number of para-hydroxylation sites is 2. The monoisotopic (exact) mass is 663 g/mol. The van der Waals surface area contributed by atoms with E-state index < -0.39 is 0 Å². The van der Waals surface area contributed by atoms with Crippen LogP contribution in [0.15, 0.2) is 180 Å². The largest absolute Gasteiger partial charge is 0.455 e. The second kappa shape index (κ2) is 11.2. The summed E-state index contributed by atoms with van der Waals surface area (Å²) < 4.78 is 8.87. The quantitative estimate of drug-likeness (QED) is 0.188. The molecule has 0 aliphatic rings. The summed E-state index contributed by atoms with van der Waals surface area (Å²) in [5.74, 6) is 0.677. The highest BCUT2D eigenvalue weighted by Crippen LogP contribution is 2.41. The van der Waals surface area contributed by atoms with Gasteiger partial charge in [0.1, 0.15) is 11.2 Å². The lowest BCUT2D eigenvalue weighted by atomic mass is 9.98. The molecule has 0 bridgehead atoms. The van der Waals surface area contributed by atoms with Gasteiger partial charge in [-0.1, -0.05) is 121 Å². The van der Waals surface area contributed by atoms with E-state index >= 15 is 0 Å². The summed E-state index contributed by atoms with van der Waals surface area (Å²) in [7, 11) is 0. The van der Waals surface area contributed by atoms with Crippen LogP contribution in [0.4, 0.5) is 0 Å². The molecule has 0 N–H and O–H groups in total. The average Bonchev–Trinajstić information content (AvgIpc) is 3.77. The maximum Gasteiger partial charge on any atom is 0.160 e. The summed E-state index contributed by atoms with van der Waals surface area (Å²) in [6, 6.07) is 62.0. The van der Waals surface area contributed by atoms with Crippen LogP contribution < -0.4 is 0 Å². The first-order chi connectivity index (χ1) is 25.8. The molecule has 8 aromatic carbocycles. The van der Waals surface area contributed by atoms with Gasteiger partial charge in [0, 0.05) is 38.4 Å². The number of aromatic nitrogens is 3. The zero-order chi connectivity index (χ0) is 34.2. The highest BCUT2D eigenvalue weighted by Gasteiger charge is 2.19. The molecule has 0 saturated heterocycles. The van der Waals surface area contributed by atoms with Gasteiger partial charge in [0.15, 0.2) is 5.82 Å². The van der Waals surface area contributed by atoms with E-state index in [9.17, 15) is 0 Å². The van der Waals surface area contributed by atoms with E-state index in [2.05, 4.69) is 156 Å². The molecule has 4 heteroatoms. The van der Waals surface area contributed by atoms with E-state index in [0.717, 1.165) is 66.5 Å². The Kier molecular flexibility index (Phi) is 6.22. The number of hydrogen-bond acceptors (Lipinski definition) is 3. The van der Waals surface area contributed by atoms with E-state index in [-0.39, 0.29) is 0 Å². The second-order valence-electron chi connectivity index (χ2n) is 13.4. The maximum absolute atomic E-state index is 6.49. The van der Waals surface area contributed by atoms with Gasteiger partial charge >= 0.3 is 0 Å². The van der Waals surface area contributed by atoms with Crippen molar-refractivity contribution >= 4 is 65.4 Å². The Balaban J connectivity index is 1.11. The number of furan rings is 1. The Bertz CT molecular complexity index is 3180. The highest BCUT2D eigenvalue weighted by molar-refractivity contribution is 6.22. The summed E-state index contributed by atoms with van der Waals surface area (Å²) in [6.07, 6.45) is 0. The van der Waals surface area contributed by atoms with E-state index in [4.69, 9.17) is 14.4 Å². The molecule has 242 valence electrons. The molecule has 0 saturated carbocycles. The summed E-state index contributed by atoms with van der Waals surface area (Å²) in [4.78, 5) is 10.5. The minimum Gasteiger partial charge on any atom is -0.455 e. The van der Waals surface area contributed by atoms with Gasteiger partial charge in [-0.05, 0) is 76.5 Å². The van der Waals surface area contributed by atoms with Crippen molar-refractivity contribution in [2.75, 3.05) is 0 Å². The molecule has 0 aliphatic carbocycles. The molecule has 0 aliphatic heterocycles. The van der Waals surface area contributed by atoms with Crippen LogP contribution in [0.5, 0.6) is 0 Å². The lowest BCUT2D eigenvalue weighted by Gasteiger charge is -2.11. The molecule has 11 rings (SSSR count). The van der Waals surface area contributed by atoms with Crippen LogP contribution in [-0.4, -0.2) is 14.5 Å². The van der Waals surface area contributed by atoms with Crippen LogP contribution in [0.1, 0.15) is 0 Å². The zero-order valence-electron chi connectivity index (χ0n) is 28.0. The van der Waals surface area contributed by atoms with Gasteiger partial charge in [-0.2, -0.15) is 0 Å². The van der Waals surface area contributed by atoms with E-state index in [1.54, 1.807) is 0 Å². The molecular formula is C48H29N3O. The smallest absolute Gasteiger partial charge is 0.160 e. The van der Waals surface area contributed by atoms with Crippen LogP contribution in [0.3, 0.4) is 0 Å². The van der Waals surface area contributed by atoms with Gasteiger partial charge < -0.3 is 8.98 Å². The minimum atomic E-state index is 0.677.